The van der Waals surface area contributed by atoms with Gasteiger partial charge in [0.2, 0.25) is 0 Å². The van der Waals surface area contributed by atoms with Crippen LogP contribution < -0.4 is 5.32 Å². The molecule has 0 radical (unpaired) electrons. The van der Waals surface area contributed by atoms with Crippen molar-refractivity contribution in [3.8, 4) is 0 Å². The summed E-state index contributed by atoms with van der Waals surface area (Å²) in [5, 5.41) is 1.84. The number of halogens is 1. The smallest absolute Gasteiger partial charge is 0.183 e. The highest BCUT2D eigenvalue weighted by atomic mass is 32.2. The topological polar surface area (TPSA) is 93.5 Å². The molecule has 136 valence electrons. The van der Waals surface area contributed by atoms with Crippen molar-refractivity contribution in [2.75, 3.05) is 11.5 Å². The number of furan rings is 1. The third-order valence-corrected chi connectivity index (χ3v) is 8.42. The van der Waals surface area contributed by atoms with Crippen LogP contribution in [0, 0.1) is 12.7 Å². The van der Waals surface area contributed by atoms with Gasteiger partial charge < -0.3 is 9.73 Å². The largest absolute Gasteiger partial charge is 0.468 e. The number of hydrogen-bond acceptors (Lipinski definition) is 6. The maximum absolute atomic E-state index is 13.4. The Balaban J connectivity index is 1.89. The van der Waals surface area contributed by atoms with Gasteiger partial charge in [0.25, 0.3) is 0 Å². The highest BCUT2D eigenvalue weighted by Crippen LogP contribution is 2.27. The first-order valence-corrected chi connectivity index (χ1v) is 11.0. The molecule has 2 aromatic rings. The lowest BCUT2D eigenvalue weighted by Gasteiger charge is -2.19. The second-order valence-electron chi connectivity index (χ2n) is 6.14. The average Bonchev–Trinajstić information content (AvgIpc) is 3.15. The number of nitrogens with one attached hydrogen (secondary N) is 1. The minimum atomic E-state index is -3.93. The third-order valence-electron chi connectivity index (χ3n) is 4.28. The van der Waals surface area contributed by atoms with Gasteiger partial charge >= 0.3 is 0 Å². The van der Waals surface area contributed by atoms with Gasteiger partial charge in [0.1, 0.15) is 11.6 Å². The highest BCUT2D eigenvalue weighted by molar-refractivity contribution is 7.96. The maximum Gasteiger partial charge on any atom is 0.183 e. The average molecular weight is 387 g/mol. The molecule has 1 fully saturated rings. The number of sulfone groups is 2. The van der Waals surface area contributed by atoms with Crippen molar-refractivity contribution in [1.82, 2.24) is 5.32 Å². The summed E-state index contributed by atoms with van der Waals surface area (Å²) in [4.78, 5) is -0.0710. The Morgan fingerprint density at radius 2 is 2.04 bits per heavy atom. The fourth-order valence-electron chi connectivity index (χ4n) is 2.93. The van der Waals surface area contributed by atoms with Crippen LogP contribution in [0.3, 0.4) is 0 Å². The van der Waals surface area contributed by atoms with Gasteiger partial charge in [-0.2, -0.15) is 0 Å². The van der Waals surface area contributed by atoms with Gasteiger partial charge in [-0.1, -0.05) is 0 Å². The number of benzene rings is 1. The first kappa shape index (κ1) is 18.1. The zero-order chi connectivity index (χ0) is 18.2. The summed E-state index contributed by atoms with van der Waals surface area (Å²) in [5.74, 6) is -0.650. The fourth-order valence-corrected chi connectivity index (χ4v) is 7.73. The van der Waals surface area contributed by atoms with E-state index in [1.54, 1.807) is 12.1 Å². The molecule has 0 bridgehead atoms. The van der Waals surface area contributed by atoms with Gasteiger partial charge in [0, 0.05) is 6.04 Å². The summed E-state index contributed by atoms with van der Waals surface area (Å²) >= 11 is 0. The molecular formula is C16H18FNO5S2. The highest BCUT2D eigenvalue weighted by Gasteiger charge is 2.45. The Labute approximate surface area is 145 Å². The predicted octanol–water partition coefficient (Wildman–Crippen LogP) is 1.46. The summed E-state index contributed by atoms with van der Waals surface area (Å²) in [5.41, 5.74) is 0.196. The molecule has 0 amide bonds. The standard InChI is InChI=1S/C16H18FNO5S2/c1-11-7-13(4-5-14(11)17)25(21,22)16-10-24(19,20)9-15(16)18-8-12-3-2-6-23-12/h2-7,15-16,18H,8-10H2,1H3/t15-,16-/m0/s1. The molecule has 0 saturated carbocycles. The Kier molecular flexibility index (Phi) is 4.74. The van der Waals surface area contributed by atoms with Gasteiger partial charge in [0.15, 0.2) is 19.7 Å². The van der Waals surface area contributed by atoms with E-state index in [-0.39, 0.29) is 22.8 Å². The molecule has 1 saturated heterocycles. The van der Waals surface area contributed by atoms with Crippen LogP contribution in [-0.2, 0) is 26.2 Å². The van der Waals surface area contributed by atoms with Gasteiger partial charge in [-0.15, -0.1) is 0 Å². The number of rotatable bonds is 5. The third kappa shape index (κ3) is 3.78. The lowest BCUT2D eigenvalue weighted by molar-refractivity contribution is 0.454. The number of aryl methyl sites for hydroxylation is 1. The molecule has 25 heavy (non-hydrogen) atoms. The molecule has 3 rings (SSSR count). The molecule has 1 aliphatic heterocycles. The van der Waals surface area contributed by atoms with E-state index in [4.69, 9.17) is 4.42 Å². The Morgan fingerprint density at radius 3 is 2.68 bits per heavy atom. The van der Waals surface area contributed by atoms with Gasteiger partial charge in [-0.25, -0.2) is 21.2 Å². The van der Waals surface area contributed by atoms with Crippen LogP contribution in [0.5, 0.6) is 0 Å². The van der Waals surface area contributed by atoms with Crippen LogP contribution in [0.25, 0.3) is 0 Å². The van der Waals surface area contributed by atoms with E-state index in [1.165, 1.54) is 25.3 Å². The Hall–Kier alpha value is -1.71. The predicted molar refractivity (Wildman–Crippen MR) is 90.1 cm³/mol. The maximum atomic E-state index is 13.4. The molecular weight excluding hydrogens is 369 g/mol. The minimum absolute atomic E-state index is 0.0710. The lowest BCUT2D eigenvalue weighted by Crippen LogP contribution is -2.43. The zero-order valence-corrected chi connectivity index (χ0v) is 15.1. The molecule has 1 aromatic carbocycles. The summed E-state index contributed by atoms with van der Waals surface area (Å²) < 4.78 is 68.5. The second kappa shape index (κ2) is 6.54. The van der Waals surface area contributed by atoms with Crippen molar-refractivity contribution >= 4 is 19.7 Å². The van der Waals surface area contributed by atoms with Crippen LogP contribution in [0.4, 0.5) is 4.39 Å². The molecule has 0 aliphatic carbocycles. The second-order valence-corrected chi connectivity index (χ2v) is 10.5. The van der Waals surface area contributed by atoms with Crippen molar-refractivity contribution in [2.45, 2.75) is 29.7 Å². The molecule has 0 unspecified atom stereocenters. The van der Waals surface area contributed by atoms with Crippen LogP contribution >= 0.6 is 0 Å². The molecule has 6 nitrogen and oxygen atoms in total. The summed E-state index contributed by atoms with van der Waals surface area (Å²) in [6.07, 6.45) is 1.48. The molecule has 2 atom stereocenters. The van der Waals surface area contributed by atoms with E-state index in [0.29, 0.717) is 5.76 Å². The fraction of sp³-hybridized carbons (Fsp3) is 0.375. The Morgan fingerprint density at radius 1 is 1.28 bits per heavy atom. The van der Waals surface area contributed by atoms with E-state index in [1.807, 2.05) is 0 Å². The molecule has 1 aromatic heterocycles. The zero-order valence-electron chi connectivity index (χ0n) is 13.5. The Bertz CT molecular complexity index is 968. The van der Waals surface area contributed by atoms with E-state index in [0.717, 1.165) is 6.07 Å². The van der Waals surface area contributed by atoms with Gasteiger partial charge in [-0.05, 0) is 42.8 Å². The number of hydrogen-bond donors (Lipinski definition) is 1. The molecule has 0 spiro atoms. The van der Waals surface area contributed by atoms with Crippen molar-refractivity contribution in [1.29, 1.82) is 0 Å². The van der Waals surface area contributed by atoms with Crippen molar-refractivity contribution < 1.29 is 25.6 Å². The van der Waals surface area contributed by atoms with E-state index in [2.05, 4.69) is 5.32 Å². The van der Waals surface area contributed by atoms with E-state index >= 15 is 0 Å². The summed E-state index contributed by atoms with van der Waals surface area (Å²) in [6.45, 7) is 1.69. The summed E-state index contributed by atoms with van der Waals surface area (Å²) in [7, 11) is -7.42. The van der Waals surface area contributed by atoms with Crippen LogP contribution in [0.1, 0.15) is 11.3 Å². The van der Waals surface area contributed by atoms with Crippen molar-refractivity contribution in [2.24, 2.45) is 0 Å². The van der Waals surface area contributed by atoms with E-state index < -0.39 is 42.5 Å². The quantitative estimate of drug-likeness (QED) is 0.781. The van der Waals surface area contributed by atoms with Crippen LogP contribution in [0.15, 0.2) is 45.9 Å². The normalized spacial score (nSPS) is 23.0. The minimum Gasteiger partial charge on any atom is -0.468 e. The van der Waals surface area contributed by atoms with Gasteiger partial charge in [-0.3, -0.25) is 0 Å². The SMILES string of the molecule is Cc1cc(S(=O)(=O)[C@H]2CS(=O)(=O)C[C@@H]2NCc2ccco2)ccc1F. The van der Waals surface area contributed by atoms with Gasteiger partial charge in [0.05, 0.1) is 34.5 Å². The monoisotopic (exact) mass is 387 g/mol. The van der Waals surface area contributed by atoms with E-state index in [9.17, 15) is 21.2 Å². The first-order valence-electron chi connectivity index (χ1n) is 7.65. The lowest BCUT2D eigenvalue weighted by atomic mass is 10.2. The van der Waals surface area contributed by atoms with Crippen LogP contribution in [0.2, 0.25) is 0 Å². The molecule has 9 heteroatoms. The first-order chi connectivity index (χ1) is 11.7. The summed E-state index contributed by atoms with van der Waals surface area (Å²) in [6, 6.07) is 6.13. The molecule has 1 N–H and O–H groups in total. The molecule has 1 aliphatic rings. The molecule has 2 heterocycles. The van der Waals surface area contributed by atoms with Crippen molar-refractivity contribution in [3.05, 3.63) is 53.7 Å². The van der Waals surface area contributed by atoms with Crippen molar-refractivity contribution in [3.63, 3.8) is 0 Å². The van der Waals surface area contributed by atoms with Crippen LogP contribution in [-0.4, -0.2) is 39.6 Å².